The van der Waals surface area contributed by atoms with Crippen molar-refractivity contribution in [3.63, 3.8) is 0 Å². The number of halogens is 2. The minimum absolute atomic E-state index is 0.0150. The van der Waals surface area contributed by atoms with Crippen LogP contribution >= 0.6 is 0 Å². The molecule has 1 unspecified atom stereocenters. The van der Waals surface area contributed by atoms with Crippen molar-refractivity contribution in [1.29, 1.82) is 0 Å². The fourth-order valence-corrected chi connectivity index (χ4v) is 6.38. The molecule has 258 valence electrons. The molecule has 1 aliphatic rings. The van der Waals surface area contributed by atoms with Gasteiger partial charge < -0.3 is 18.6 Å². The zero-order valence-corrected chi connectivity index (χ0v) is 30.3. The molecule has 1 saturated carbocycles. The molecule has 2 rings (SSSR count). The molecule has 0 bridgehead atoms. The van der Waals surface area contributed by atoms with Crippen LogP contribution in [-0.4, -0.2) is 51.4 Å². The van der Waals surface area contributed by atoms with Crippen LogP contribution in [0.4, 0.5) is 8.78 Å². The largest absolute Gasteiger partial charge is 0.497 e. The number of ether oxygens (including phenoxy) is 3. The van der Waals surface area contributed by atoms with Crippen molar-refractivity contribution >= 4 is 20.1 Å². The number of Topliss-reactive ketones (excluding diaryl/α,β-unsaturated/α-hetero) is 1. The Hall–Kier alpha value is -2.62. The van der Waals surface area contributed by atoms with Gasteiger partial charge in [0.25, 0.3) is 5.92 Å². The highest BCUT2D eigenvalue weighted by molar-refractivity contribution is 6.74. The number of hydrogen-bond acceptors (Lipinski definition) is 6. The van der Waals surface area contributed by atoms with Gasteiger partial charge in [-0.25, -0.2) is 0 Å². The molecule has 0 aromatic heterocycles. The molecule has 1 aliphatic carbocycles. The van der Waals surface area contributed by atoms with Crippen LogP contribution in [0.2, 0.25) is 18.1 Å². The Bertz CT molecular complexity index is 1180. The summed E-state index contributed by atoms with van der Waals surface area (Å²) in [5.41, 5.74) is 0.741. The van der Waals surface area contributed by atoms with Crippen molar-refractivity contribution in [2.45, 2.75) is 129 Å². The topological polar surface area (TPSA) is 71.1 Å². The first-order chi connectivity index (χ1) is 21.5. The third-order valence-electron chi connectivity index (χ3n) is 8.69. The molecule has 0 saturated heterocycles. The van der Waals surface area contributed by atoms with Gasteiger partial charge in [-0.1, -0.05) is 70.2 Å². The third-order valence-corrected chi connectivity index (χ3v) is 13.2. The fraction of sp³-hybridized carbons (Fsp3) is 0.622. The lowest BCUT2D eigenvalue weighted by Gasteiger charge is -2.39. The maximum atomic E-state index is 15.5. The monoisotopic (exact) mass is 662 g/mol. The van der Waals surface area contributed by atoms with Gasteiger partial charge in [0.15, 0.2) is 8.32 Å². The highest BCUT2D eigenvalue weighted by Crippen LogP contribution is 2.43. The molecule has 9 heteroatoms. The average Bonchev–Trinajstić information content (AvgIpc) is 3.25. The third kappa shape index (κ3) is 12.5. The van der Waals surface area contributed by atoms with Crippen molar-refractivity contribution in [2.24, 2.45) is 11.8 Å². The van der Waals surface area contributed by atoms with Crippen molar-refractivity contribution in [1.82, 2.24) is 0 Å². The Morgan fingerprint density at radius 2 is 1.76 bits per heavy atom. The summed E-state index contributed by atoms with van der Waals surface area (Å²) in [6, 6.07) is 7.10. The molecule has 1 aromatic carbocycles. The van der Waals surface area contributed by atoms with Gasteiger partial charge in [-0.3, -0.25) is 9.59 Å². The van der Waals surface area contributed by atoms with E-state index in [9.17, 15) is 9.59 Å². The van der Waals surface area contributed by atoms with Crippen LogP contribution in [0.3, 0.4) is 0 Å². The van der Waals surface area contributed by atoms with Gasteiger partial charge in [0.2, 0.25) is 0 Å². The van der Waals surface area contributed by atoms with Gasteiger partial charge in [-0.05, 0) is 81.4 Å². The smallest absolute Gasteiger partial charge is 0.306 e. The van der Waals surface area contributed by atoms with Gasteiger partial charge in [-0.15, -0.1) is 0 Å². The molecule has 1 aromatic rings. The minimum atomic E-state index is -3.26. The van der Waals surface area contributed by atoms with E-state index in [-0.39, 0.29) is 41.8 Å². The predicted molar refractivity (Wildman–Crippen MR) is 183 cm³/mol. The molecule has 0 amide bonds. The van der Waals surface area contributed by atoms with Crippen LogP contribution in [-0.2, 0) is 30.1 Å². The molecule has 46 heavy (non-hydrogen) atoms. The Morgan fingerprint density at radius 1 is 1.09 bits per heavy atom. The Kier molecular flexibility index (Phi) is 15.5. The molecule has 6 nitrogen and oxygen atoms in total. The van der Waals surface area contributed by atoms with Gasteiger partial charge in [0.05, 0.1) is 25.9 Å². The Morgan fingerprint density at radius 3 is 2.35 bits per heavy atom. The van der Waals surface area contributed by atoms with Gasteiger partial charge in [-0.2, -0.15) is 8.78 Å². The molecule has 0 spiro atoms. The maximum Gasteiger partial charge on any atom is 0.306 e. The lowest BCUT2D eigenvalue weighted by Crippen LogP contribution is -2.45. The number of alkyl halides is 2. The summed E-state index contributed by atoms with van der Waals surface area (Å²) in [6.07, 6.45) is 10.2. The van der Waals surface area contributed by atoms with E-state index in [1.54, 1.807) is 44.4 Å². The number of allylic oxidation sites excluding steroid dienone is 3. The molecule has 1 fully saturated rings. The van der Waals surface area contributed by atoms with Crippen LogP contribution in [0, 0.1) is 11.8 Å². The molecule has 0 radical (unpaired) electrons. The molecule has 4 atom stereocenters. The second-order valence-electron chi connectivity index (χ2n) is 13.9. The van der Waals surface area contributed by atoms with E-state index in [1.807, 2.05) is 26.0 Å². The van der Waals surface area contributed by atoms with E-state index in [0.717, 1.165) is 11.6 Å². The zero-order chi connectivity index (χ0) is 34.5. The van der Waals surface area contributed by atoms with Gasteiger partial charge >= 0.3 is 5.97 Å². The number of ketones is 1. The Balaban J connectivity index is 2.31. The number of rotatable bonds is 18. The second kappa shape index (κ2) is 18.1. The summed E-state index contributed by atoms with van der Waals surface area (Å²) >= 11 is 0. The summed E-state index contributed by atoms with van der Waals surface area (Å²) in [4.78, 5) is 25.2. The summed E-state index contributed by atoms with van der Waals surface area (Å²) < 4.78 is 54.0. The maximum absolute atomic E-state index is 15.5. The lowest BCUT2D eigenvalue weighted by molar-refractivity contribution is -0.147. The summed E-state index contributed by atoms with van der Waals surface area (Å²) in [6.45, 7) is 16.1. The van der Waals surface area contributed by atoms with E-state index in [4.69, 9.17) is 18.6 Å². The SMILES string of the molecule is CCC=CC(F)(F)C(C=C[C@H]1[C@H](O[Si](C)(C)C(C)(C)C)CC(=O)[C@@H]1CC=CCCCC(=O)OC(C)C)OCc1ccc(OC)cc1. The van der Waals surface area contributed by atoms with Gasteiger partial charge in [0, 0.05) is 24.7 Å². The highest BCUT2D eigenvalue weighted by Gasteiger charge is 2.47. The molecule has 0 heterocycles. The molecule has 0 N–H and O–H groups in total. The number of carbonyl (C=O) groups excluding carboxylic acids is 2. The predicted octanol–water partition coefficient (Wildman–Crippen LogP) is 9.40. The van der Waals surface area contributed by atoms with Crippen LogP contribution < -0.4 is 4.74 Å². The highest BCUT2D eigenvalue weighted by atomic mass is 28.4. The van der Waals surface area contributed by atoms with E-state index >= 15 is 8.78 Å². The summed E-state index contributed by atoms with van der Waals surface area (Å²) in [7, 11) is -0.701. The van der Waals surface area contributed by atoms with E-state index in [1.165, 1.54) is 12.2 Å². The number of carbonyl (C=O) groups is 2. The number of unbranched alkanes of at least 4 members (excludes halogenated alkanes) is 1. The number of benzene rings is 1. The quantitative estimate of drug-likeness (QED) is 0.0675. The van der Waals surface area contributed by atoms with Crippen molar-refractivity contribution in [3.8, 4) is 5.75 Å². The second-order valence-corrected chi connectivity index (χ2v) is 18.6. The first-order valence-corrected chi connectivity index (χ1v) is 19.4. The summed E-state index contributed by atoms with van der Waals surface area (Å²) in [5.74, 6) is -3.54. The first kappa shape index (κ1) is 39.6. The van der Waals surface area contributed by atoms with Crippen LogP contribution in [0.15, 0.2) is 60.7 Å². The molecular weight excluding hydrogens is 606 g/mol. The number of hydrogen-bond donors (Lipinski definition) is 0. The summed E-state index contributed by atoms with van der Waals surface area (Å²) in [5, 5.41) is -0.0823. The average molecular weight is 663 g/mol. The lowest BCUT2D eigenvalue weighted by atomic mass is 9.90. The van der Waals surface area contributed by atoms with E-state index in [0.29, 0.717) is 37.9 Å². The molecule has 0 aliphatic heterocycles. The van der Waals surface area contributed by atoms with Crippen LogP contribution in [0.25, 0.3) is 0 Å². The van der Waals surface area contributed by atoms with Crippen LogP contribution in [0.1, 0.15) is 85.6 Å². The van der Waals surface area contributed by atoms with Crippen molar-refractivity contribution in [2.75, 3.05) is 7.11 Å². The van der Waals surface area contributed by atoms with Crippen LogP contribution in [0.5, 0.6) is 5.75 Å². The van der Waals surface area contributed by atoms with Gasteiger partial charge in [0.1, 0.15) is 17.6 Å². The number of methoxy groups -OCH3 is 1. The zero-order valence-electron chi connectivity index (χ0n) is 29.3. The molecular formula is C37H56F2O6Si. The van der Waals surface area contributed by atoms with Crippen molar-refractivity contribution < 1.29 is 37.0 Å². The van der Waals surface area contributed by atoms with E-state index in [2.05, 4.69) is 33.9 Å². The number of esters is 1. The first-order valence-electron chi connectivity index (χ1n) is 16.5. The fourth-order valence-electron chi connectivity index (χ4n) is 5.03. The van der Waals surface area contributed by atoms with Crippen molar-refractivity contribution in [3.05, 3.63) is 66.3 Å². The normalized spacial score (nSPS) is 20.4. The van der Waals surface area contributed by atoms with E-state index < -0.39 is 32.4 Å². The Labute approximate surface area is 276 Å². The minimum Gasteiger partial charge on any atom is -0.497 e. The standard InChI is InChI=1S/C37H56F2O6Si/c1-10-11-24-37(38,39)34(43-26-28-18-20-29(42-7)21-19-28)23-22-31-30(16-14-12-13-15-17-35(41)44-27(2)3)32(40)25-33(31)45-46(8,9)36(4,5)6/h11-12,14,18-24,27,30-31,33-34H,10,13,15-17,25-26H2,1-9H3/t30-,31-,33-,34?/m1/s1.